The summed E-state index contributed by atoms with van der Waals surface area (Å²) in [6, 6.07) is 11.3. The third-order valence-electron chi connectivity index (χ3n) is 3.09. The Morgan fingerprint density at radius 1 is 1.27 bits per heavy atom. The lowest BCUT2D eigenvalue weighted by Gasteiger charge is -2.05. The lowest BCUT2D eigenvalue weighted by Crippen LogP contribution is -2.19. The number of carbonyl (C=O) groups is 1. The molecule has 0 fully saturated rings. The van der Waals surface area contributed by atoms with Gasteiger partial charge in [-0.15, -0.1) is 0 Å². The van der Waals surface area contributed by atoms with E-state index in [2.05, 4.69) is 12.2 Å². The van der Waals surface area contributed by atoms with E-state index in [0.717, 1.165) is 36.5 Å². The fourth-order valence-electron chi connectivity index (χ4n) is 1.83. The number of carbonyl (C=O) groups excluding carboxylic acids is 1. The molecule has 0 spiro atoms. The second kappa shape index (κ2) is 8.72. The van der Waals surface area contributed by atoms with E-state index in [-0.39, 0.29) is 5.91 Å². The molecule has 0 aliphatic carbocycles. The van der Waals surface area contributed by atoms with Crippen LogP contribution in [0.4, 0.5) is 0 Å². The summed E-state index contributed by atoms with van der Waals surface area (Å²) in [5.41, 5.74) is 0.955. The largest absolute Gasteiger partial charge is 0.494 e. The molecule has 4 nitrogen and oxygen atoms in total. The molecule has 1 aromatic heterocycles. The summed E-state index contributed by atoms with van der Waals surface area (Å²) in [6.07, 6.45) is 7.04. The summed E-state index contributed by atoms with van der Waals surface area (Å²) in [6.45, 7) is 3.26. The van der Waals surface area contributed by atoms with Crippen LogP contribution in [-0.2, 0) is 11.3 Å². The maximum absolute atomic E-state index is 11.7. The fourth-order valence-corrected chi connectivity index (χ4v) is 1.83. The van der Waals surface area contributed by atoms with Gasteiger partial charge in [-0.2, -0.15) is 0 Å². The number of hydrogen-bond donors (Lipinski definition) is 1. The van der Waals surface area contributed by atoms with Crippen LogP contribution in [0.5, 0.6) is 5.75 Å². The summed E-state index contributed by atoms with van der Waals surface area (Å²) in [5, 5.41) is 2.76. The van der Waals surface area contributed by atoms with Crippen LogP contribution >= 0.6 is 0 Å². The Bertz CT molecular complexity index is 585. The molecule has 1 aromatic carbocycles. The summed E-state index contributed by atoms with van der Waals surface area (Å²) in [7, 11) is 0. The molecule has 0 aliphatic rings. The van der Waals surface area contributed by atoms with E-state index in [4.69, 9.17) is 9.15 Å². The first-order chi connectivity index (χ1) is 10.8. The average Bonchev–Trinajstić information content (AvgIpc) is 3.06. The molecule has 0 saturated carbocycles. The third-order valence-corrected chi connectivity index (χ3v) is 3.09. The lowest BCUT2D eigenvalue weighted by molar-refractivity contribution is -0.116. The molecule has 1 amide bonds. The van der Waals surface area contributed by atoms with Crippen LogP contribution in [0.3, 0.4) is 0 Å². The molecule has 1 heterocycles. The van der Waals surface area contributed by atoms with Gasteiger partial charge in [-0.1, -0.05) is 25.5 Å². The highest BCUT2D eigenvalue weighted by Gasteiger charge is 1.99. The number of hydrogen-bond acceptors (Lipinski definition) is 3. The Balaban J connectivity index is 1.78. The number of ether oxygens (including phenoxy) is 1. The van der Waals surface area contributed by atoms with Crippen molar-refractivity contribution < 1.29 is 13.9 Å². The molecule has 0 aliphatic heterocycles. The zero-order chi connectivity index (χ0) is 15.6. The molecule has 0 atom stereocenters. The normalized spacial score (nSPS) is 10.8. The SMILES string of the molecule is CCCCOc1ccc(/C=C/C(=O)NCc2ccco2)cc1. The van der Waals surface area contributed by atoms with Gasteiger partial charge in [0.05, 0.1) is 19.4 Å². The number of benzene rings is 1. The van der Waals surface area contributed by atoms with Gasteiger partial charge >= 0.3 is 0 Å². The highest BCUT2D eigenvalue weighted by molar-refractivity contribution is 5.91. The average molecular weight is 299 g/mol. The Morgan fingerprint density at radius 2 is 2.09 bits per heavy atom. The van der Waals surface area contributed by atoms with Gasteiger partial charge < -0.3 is 14.5 Å². The maximum Gasteiger partial charge on any atom is 0.244 e. The van der Waals surface area contributed by atoms with E-state index in [0.29, 0.717) is 6.54 Å². The van der Waals surface area contributed by atoms with Crippen molar-refractivity contribution in [2.45, 2.75) is 26.3 Å². The van der Waals surface area contributed by atoms with Crippen LogP contribution in [0, 0.1) is 0 Å². The van der Waals surface area contributed by atoms with Crippen LogP contribution in [0.2, 0.25) is 0 Å². The first-order valence-electron chi connectivity index (χ1n) is 7.49. The van der Waals surface area contributed by atoms with Crippen molar-refractivity contribution in [3.63, 3.8) is 0 Å². The topological polar surface area (TPSA) is 51.5 Å². The molecule has 22 heavy (non-hydrogen) atoms. The molecule has 116 valence electrons. The van der Waals surface area contributed by atoms with E-state index >= 15 is 0 Å². The van der Waals surface area contributed by atoms with Crippen LogP contribution in [0.25, 0.3) is 6.08 Å². The van der Waals surface area contributed by atoms with Gasteiger partial charge in [-0.25, -0.2) is 0 Å². The number of unbranched alkanes of at least 4 members (excludes halogenated alkanes) is 1. The van der Waals surface area contributed by atoms with Gasteiger partial charge in [0.15, 0.2) is 0 Å². The predicted molar refractivity (Wildman–Crippen MR) is 86.4 cm³/mol. The third kappa shape index (κ3) is 5.48. The monoisotopic (exact) mass is 299 g/mol. The van der Waals surface area contributed by atoms with Crippen LogP contribution in [-0.4, -0.2) is 12.5 Å². The molecule has 1 N–H and O–H groups in total. The molecular formula is C18H21NO3. The minimum atomic E-state index is -0.153. The minimum absolute atomic E-state index is 0.153. The van der Waals surface area contributed by atoms with Crippen molar-refractivity contribution in [3.8, 4) is 5.75 Å². The first-order valence-corrected chi connectivity index (χ1v) is 7.49. The zero-order valence-electron chi connectivity index (χ0n) is 12.7. The summed E-state index contributed by atoms with van der Waals surface area (Å²) >= 11 is 0. The maximum atomic E-state index is 11.7. The minimum Gasteiger partial charge on any atom is -0.494 e. The number of furan rings is 1. The Morgan fingerprint density at radius 3 is 2.77 bits per heavy atom. The fraction of sp³-hybridized carbons (Fsp3) is 0.278. The van der Waals surface area contributed by atoms with Crippen molar-refractivity contribution in [2.75, 3.05) is 6.61 Å². The van der Waals surface area contributed by atoms with E-state index in [9.17, 15) is 4.79 Å². The molecule has 2 aromatic rings. The van der Waals surface area contributed by atoms with E-state index < -0.39 is 0 Å². The molecule has 4 heteroatoms. The number of nitrogens with one attached hydrogen (secondary N) is 1. The second-order valence-electron chi connectivity index (χ2n) is 4.90. The van der Waals surface area contributed by atoms with Crippen molar-refractivity contribution in [2.24, 2.45) is 0 Å². The van der Waals surface area contributed by atoms with Gasteiger partial charge in [0.25, 0.3) is 0 Å². The van der Waals surface area contributed by atoms with Gasteiger partial charge in [0.2, 0.25) is 5.91 Å². The lowest BCUT2D eigenvalue weighted by atomic mass is 10.2. The van der Waals surface area contributed by atoms with Gasteiger partial charge in [-0.05, 0) is 42.3 Å². The second-order valence-corrected chi connectivity index (χ2v) is 4.90. The van der Waals surface area contributed by atoms with Crippen molar-refractivity contribution in [3.05, 3.63) is 60.1 Å². The van der Waals surface area contributed by atoms with Crippen molar-refractivity contribution in [1.82, 2.24) is 5.32 Å². The van der Waals surface area contributed by atoms with Crippen LogP contribution in [0.15, 0.2) is 53.2 Å². The molecule has 2 rings (SSSR count). The molecule has 0 unspecified atom stereocenters. The van der Waals surface area contributed by atoms with E-state index in [1.807, 2.05) is 30.3 Å². The molecule has 0 saturated heterocycles. The summed E-state index contributed by atoms with van der Waals surface area (Å²) in [4.78, 5) is 11.7. The smallest absolute Gasteiger partial charge is 0.244 e. The van der Waals surface area contributed by atoms with Crippen molar-refractivity contribution >= 4 is 12.0 Å². The van der Waals surface area contributed by atoms with Crippen LogP contribution in [0.1, 0.15) is 31.1 Å². The quantitative estimate of drug-likeness (QED) is 0.596. The molecule has 0 bridgehead atoms. The predicted octanol–water partition coefficient (Wildman–Crippen LogP) is 3.79. The van der Waals surface area contributed by atoms with E-state index in [1.54, 1.807) is 18.4 Å². The number of rotatable bonds is 8. The Hall–Kier alpha value is -2.49. The Kier molecular flexibility index (Phi) is 6.30. The standard InChI is InChI=1S/C18H21NO3/c1-2-3-12-21-16-9-6-15(7-10-16)8-11-18(20)19-14-17-5-4-13-22-17/h4-11,13H,2-3,12,14H2,1H3,(H,19,20)/b11-8+. The summed E-state index contributed by atoms with van der Waals surface area (Å²) < 4.78 is 10.7. The number of amides is 1. The van der Waals surface area contributed by atoms with Gasteiger partial charge in [0.1, 0.15) is 11.5 Å². The van der Waals surface area contributed by atoms with Crippen LogP contribution < -0.4 is 10.1 Å². The van der Waals surface area contributed by atoms with Gasteiger partial charge in [0, 0.05) is 6.08 Å². The first kappa shape index (κ1) is 15.9. The highest BCUT2D eigenvalue weighted by atomic mass is 16.5. The Labute approximate surface area is 130 Å². The highest BCUT2D eigenvalue weighted by Crippen LogP contribution is 2.13. The summed E-state index contributed by atoms with van der Waals surface area (Å²) in [5.74, 6) is 1.43. The molecular weight excluding hydrogens is 278 g/mol. The van der Waals surface area contributed by atoms with Crippen molar-refractivity contribution in [1.29, 1.82) is 0 Å². The van der Waals surface area contributed by atoms with E-state index in [1.165, 1.54) is 6.08 Å². The zero-order valence-corrected chi connectivity index (χ0v) is 12.7. The molecule has 0 radical (unpaired) electrons. The van der Waals surface area contributed by atoms with Gasteiger partial charge in [-0.3, -0.25) is 4.79 Å².